The molecule has 0 bridgehead atoms. The minimum absolute atomic E-state index is 0.0912. The van der Waals surface area contributed by atoms with E-state index in [2.05, 4.69) is 29.1 Å². The number of nitrogen functional groups attached to an aromatic ring is 1. The molecule has 0 aliphatic heterocycles. The third-order valence-corrected chi connectivity index (χ3v) is 6.43. The molecule has 1 aromatic carbocycles. The van der Waals surface area contributed by atoms with E-state index in [1.165, 1.54) is 23.1 Å². The highest BCUT2D eigenvalue weighted by molar-refractivity contribution is 8.01. The zero-order valence-corrected chi connectivity index (χ0v) is 17.4. The van der Waals surface area contributed by atoms with E-state index in [0.717, 1.165) is 27.5 Å². The number of imidazole rings is 1. The monoisotopic (exact) mass is 424 g/mol. The molecule has 3 rings (SSSR count). The van der Waals surface area contributed by atoms with Crippen molar-refractivity contribution in [1.29, 1.82) is 0 Å². The van der Waals surface area contributed by atoms with E-state index in [1.54, 1.807) is 0 Å². The molecule has 0 aliphatic rings. The van der Waals surface area contributed by atoms with Crippen molar-refractivity contribution in [2.24, 2.45) is 5.73 Å². The first-order valence-corrected chi connectivity index (χ1v) is 10.5. The van der Waals surface area contributed by atoms with Gasteiger partial charge in [-0.2, -0.15) is 0 Å². The number of nitrogens with zero attached hydrogens (tertiary/aromatic N) is 3. The van der Waals surface area contributed by atoms with Crippen LogP contribution in [0, 0.1) is 0 Å². The van der Waals surface area contributed by atoms with Crippen LogP contribution in [-0.4, -0.2) is 33.0 Å². The van der Waals surface area contributed by atoms with Gasteiger partial charge in [-0.05, 0) is 36.9 Å². The van der Waals surface area contributed by atoms with Gasteiger partial charge in [0.05, 0.1) is 15.2 Å². The third kappa shape index (κ3) is 4.55. The van der Waals surface area contributed by atoms with Gasteiger partial charge in [-0.25, -0.2) is 9.97 Å². The Labute approximate surface area is 170 Å². The summed E-state index contributed by atoms with van der Waals surface area (Å²) < 4.78 is 3.52. The number of halogens is 1. The summed E-state index contributed by atoms with van der Waals surface area (Å²) in [6.07, 6.45) is 0.843. The van der Waals surface area contributed by atoms with Crippen LogP contribution in [0.1, 0.15) is 30.8 Å². The lowest BCUT2D eigenvalue weighted by Gasteiger charge is -2.11. The first kappa shape index (κ1) is 19.9. The SMILES string of the molecule is CC(C)NCCCn1c(Sc2nc3cccc(Cl)c3s2)nc(C(N)=O)c1N. The lowest BCUT2D eigenvalue weighted by atomic mass is 10.3. The number of fused-ring (bicyclic) bond motifs is 1. The first-order valence-electron chi connectivity index (χ1n) is 8.49. The van der Waals surface area contributed by atoms with Crippen molar-refractivity contribution in [3.8, 4) is 0 Å². The number of benzene rings is 1. The van der Waals surface area contributed by atoms with Crippen molar-refractivity contribution in [2.75, 3.05) is 12.3 Å². The number of nitrogens with two attached hydrogens (primary N) is 2. The lowest BCUT2D eigenvalue weighted by molar-refractivity contribution is 0.0996. The molecular formula is C17H21ClN6OS2. The van der Waals surface area contributed by atoms with Gasteiger partial charge in [0.1, 0.15) is 5.82 Å². The Bertz CT molecular complexity index is 968. The predicted octanol–water partition coefficient (Wildman–Crippen LogP) is 3.37. The van der Waals surface area contributed by atoms with Crippen molar-refractivity contribution in [1.82, 2.24) is 19.9 Å². The number of carbonyl (C=O) groups is 1. The van der Waals surface area contributed by atoms with Gasteiger partial charge in [-0.15, -0.1) is 11.3 Å². The van der Waals surface area contributed by atoms with Crippen LogP contribution < -0.4 is 16.8 Å². The molecule has 5 N–H and O–H groups in total. The Morgan fingerprint density at radius 3 is 2.85 bits per heavy atom. The molecule has 10 heteroatoms. The highest BCUT2D eigenvalue weighted by Gasteiger charge is 2.20. The van der Waals surface area contributed by atoms with E-state index in [1.807, 2.05) is 22.8 Å². The van der Waals surface area contributed by atoms with Gasteiger partial charge in [0, 0.05) is 12.6 Å². The average molecular weight is 425 g/mol. The van der Waals surface area contributed by atoms with Crippen LogP contribution in [0.3, 0.4) is 0 Å². The van der Waals surface area contributed by atoms with E-state index in [4.69, 9.17) is 23.1 Å². The standard InChI is InChI=1S/C17H21ClN6OS2/c1-9(2)21-7-4-8-24-14(19)12(15(20)25)23-16(24)27-17-22-11-6-3-5-10(18)13(11)26-17/h3,5-6,9,21H,4,7-8,19H2,1-2H3,(H2,20,25). The number of amides is 1. The molecule has 0 radical (unpaired) electrons. The molecule has 7 nitrogen and oxygen atoms in total. The molecular weight excluding hydrogens is 404 g/mol. The Morgan fingerprint density at radius 2 is 2.19 bits per heavy atom. The fraction of sp³-hybridized carbons (Fsp3) is 0.353. The lowest BCUT2D eigenvalue weighted by Crippen LogP contribution is -2.24. The van der Waals surface area contributed by atoms with Crippen molar-refractivity contribution in [2.45, 2.75) is 42.4 Å². The fourth-order valence-electron chi connectivity index (χ4n) is 2.56. The van der Waals surface area contributed by atoms with Gasteiger partial charge >= 0.3 is 0 Å². The summed E-state index contributed by atoms with van der Waals surface area (Å²) in [7, 11) is 0. The van der Waals surface area contributed by atoms with Crippen LogP contribution in [-0.2, 0) is 6.54 Å². The molecule has 2 heterocycles. The van der Waals surface area contributed by atoms with E-state index >= 15 is 0 Å². The van der Waals surface area contributed by atoms with Gasteiger partial charge in [0.2, 0.25) is 0 Å². The number of hydrogen-bond donors (Lipinski definition) is 3. The average Bonchev–Trinajstić information content (AvgIpc) is 3.14. The summed E-state index contributed by atoms with van der Waals surface area (Å²) in [5, 5.41) is 4.62. The number of rotatable bonds is 8. The quantitative estimate of drug-likeness (QED) is 0.478. The summed E-state index contributed by atoms with van der Waals surface area (Å²) in [6.45, 7) is 5.65. The second-order valence-electron chi connectivity index (χ2n) is 6.28. The molecule has 0 saturated carbocycles. The van der Waals surface area contributed by atoms with E-state index in [0.29, 0.717) is 22.8 Å². The maximum absolute atomic E-state index is 11.7. The molecule has 2 aromatic heterocycles. The second kappa shape index (κ2) is 8.47. The number of nitrogens with one attached hydrogen (secondary N) is 1. The number of hydrogen-bond acceptors (Lipinski definition) is 7. The number of anilines is 1. The normalized spacial score (nSPS) is 11.6. The number of carbonyl (C=O) groups excluding carboxylic acids is 1. The molecule has 3 aromatic rings. The molecule has 0 saturated heterocycles. The van der Waals surface area contributed by atoms with E-state index in [-0.39, 0.29) is 11.5 Å². The minimum Gasteiger partial charge on any atom is -0.383 e. The summed E-state index contributed by atoms with van der Waals surface area (Å²) in [4.78, 5) is 20.6. The fourth-order valence-corrected chi connectivity index (χ4v) is 4.93. The van der Waals surface area contributed by atoms with Gasteiger partial charge in [-0.1, -0.05) is 31.5 Å². The second-order valence-corrected chi connectivity index (χ2v) is 8.90. The number of primary amides is 1. The first-order chi connectivity index (χ1) is 12.9. The molecule has 0 aliphatic carbocycles. The Morgan fingerprint density at radius 1 is 1.41 bits per heavy atom. The van der Waals surface area contributed by atoms with Gasteiger partial charge in [0.15, 0.2) is 15.2 Å². The van der Waals surface area contributed by atoms with Crippen molar-refractivity contribution in [3.05, 3.63) is 28.9 Å². The third-order valence-electron chi connectivity index (χ3n) is 3.84. The van der Waals surface area contributed by atoms with Crippen molar-refractivity contribution >= 4 is 56.6 Å². The van der Waals surface area contributed by atoms with Crippen LogP contribution >= 0.6 is 34.7 Å². The van der Waals surface area contributed by atoms with Crippen LogP contribution in [0.5, 0.6) is 0 Å². The predicted molar refractivity (Wildman–Crippen MR) is 112 cm³/mol. The molecule has 0 spiro atoms. The molecule has 0 unspecified atom stereocenters. The zero-order valence-electron chi connectivity index (χ0n) is 15.0. The Hall–Kier alpha value is -1.81. The van der Waals surface area contributed by atoms with Crippen LogP contribution in [0.25, 0.3) is 10.2 Å². The summed E-state index contributed by atoms with van der Waals surface area (Å²) in [5.74, 6) is -0.352. The molecule has 27 heavy (non-hydrogen) atoms. The summed E-state index contributed by atoms with van der Waals surface area (Å²) in [6, 6.07) is 6.02. The van der Waals surface area contributed by atoms with E-state index < -0.39 is 5.91 Å². The Balaban J connectivity index is 1.87. The summed E-state index contributed by atoms with van der Waals surface area (Å²) in [5.41, 5.74) is 12.5. The molecule has 0 atom stereocenters. The van der Waals surface area contributed by atoms with Gasteiger partial charge in [0.25, 0.3) is 5.91 Å². The van der Waals surface area contributed by atoms with Gasteiger partial charge < -0.3 is 21.4 Å². The molecule has 1 amide bonds. The van der Waals surface area contributed by atoms with Crippen LogP contribution in [0.4, 0.5) is 5.82 Å². The number of aromatic nitrogens is 3. The number of thiazole rings is 1. The van der Waals surface area contributed by atoms with E-state index in [9.17, 15) is 4.79 Å². The maximum Gasteiger partial charge on any atom is 0.271 e. The smallest absolute Gasteiger partial charge is 0.271 e. The molecule has 0 fully saturated rings. The largest absolute Gasteiger partial charge is 0.383 e. The highest BCUT2D eigenvalue weighted by atomic mass is 35.5. The van der Waals surface area contributed by atoms with Crippen LogP contribution in [0.15, 0.2) is 27.7 Å². The van der Waals surface area contributed by atoms with Gasteiger partial charge in [-0.3, -0.25) is 4.79 Å². The Kier molecular flexibility index (Phi) is 6.25. The molecule has 144 valence electrons. The zero-order chi connectivity index (χ0) is 19.6. The summed E-state index contributed by atoms with van der Waals surface area (Å²) >= 11 is 9.08. The topological polar surface area (TPSA) is 112 Å². The van der Waals surface area contributed by atoms with Crippen molar-refractivity contribution in [3.63, 3.8) is 0 Å². The van der Waals surface area contributed by atoms with Crippen molar-refractivity contribution < 1.29 is 4.79 Å². The highest BCUT2D eigenvalue weighted by Crippen LogP contribution is 2.37. The van der Waals surface area contributed by atoms with Crippen LogP contribution in [0.2, 0.25) is 5.02 Å². The minimum atomic E-state index is -0.638. The maximum atomic E-state index is 11.7.